The van der Waals surface area contributed by atoms with Crippen molar-refractivity contribution < 1.29 is 27.8 Å². The Balaban J connectivity index is 1.27. The second kappa shape index (κ2) is 7.80. The number of pyridine rings is 1. The zero-order valence-electron chi connectivity index (χ0n) is 16.8. The zero-order valence-corrected chi connectivity index (χ0v) is 17.6. The summed E-state index contributed by atoms with van der Waals surface area (Å²) in [6, 6.07) is 5.45. The first kappa shape index (κ1) is 20.8. The third-order valence-electron chi connectivity index (χ3n) is 5.35. The van der Waals surface area contributed by atoms with Crippen LogP contribution in [0.15, 0.2) is 35.3 Å². The fourth-order valence-electron chi connectivity index (χ4n) is 3.65. The van der Waals surface area contributed by atoms with Crippen molar-refractivity contribution in [3.63, 3.8) is 0 Å². The molecule has 3 aromatic rings. The summed E-state index contributed by atoms with van der Waals surface area (Å²) in [5, 5.41) is 3.14. The molecule has 0 spiro atoms. The fourth-order valence-corrected chi connectivity index (χ4v) is 4.53. The Morgan fingerprint density at radius 3 is 2.88 bits per heavy atom. The summed E-state index contributed by atoms with van der Waals surface area (Å²) in [5.74, 6) is -0.419. The monoisotopic (exact) mass is 464 g/mol. The average Bonchev–Trinajstić information content (AvgIpc) is 3.28. The van der Waals surface area contributed by atoms with Gasteiger partial charge in [-0.1, -0.05) is 11.3 Å². The number of nitrogens with zero attached hydrogens (tertiary/aromatic N) is 2. The summed E-state index contributed by atoms with van der Waals surface area (Å²) in [6.07, 6.45) is -2.34. The van der Waals surface area contributed by atoms with Crippen molar-refractivity contribution in [2.24, 2.45) is 0 Å². The Morgan fingerprint density at radius 2 is 2.12 bits per heavy atom. The number of hydrogen-bond donors (Lipinski definition) is 2. The maximum atomic E-state index is 13.2. The number of carbonyl (C=O) groups is 1. The molecule has 1 aromatic carbocycles. The van der Waals surface area contributed by atoms with Gasteiger partial charge in [0, 0.05) is 37.5 Å². The van der Waals surface area contributed by atoms with Crippen LogP contribution in [0.5, 0.6) is 11.5 Å². The van der Waals surface area contributed by atoms with Crippen molar-refractivity contribution >= 4 is 32.6 Å². The highest BCUT2D eigenvalue weighted by Gasteiger charge is 2.43. The first-order valence-electron chi connectivity index (χ1n) is 9.83. The van der Waals surface area contributed by atoms with Crippen LogP contribution < -0.4 is 20.3 Å². The van der Waals surface area contributed by atoms with Crippen LogP contribution in [-0.2, 0) is 9.53 Å². The molecule has 12 heteroatoms. The quantitative estimate of drug-likeness (QED) is 0.612. The van der Waals surface area contributed by atoms with E-state index < -0.39 is 12.3 Å². The molecule has 32 heavy (non-hydrogen) atoms. The van der Waals surface area contributed by atoms with E-state index in [4.69, 9.17) is 4.74 Å². The molecular formula is C20H18F2N4O5S. The molecule has 1 saturated heterocycles. The molecule has 4 heterocycles. The van der Waals surface area contributed by atoms with Crippen LogP contribution in [0.3, 0.4) is 0 Å². The molecule has 168 valence electrons. The third kappa shape index (κ3) is 4.04. The van der Waals surface area contributed by atoms with E-state index in [1.165, 1.54) is 18.2 Å². The lowest BCUT2D eigenvalue weighted by Gasteiger charge is -2.36. The number of aromatic nitrogens is 2. The summed E-state index contributed by atoms with van der Waals surface area (Å²) in [5.41, 5.74) is 1.06. The van der Waals surface area contributed by atoms with Gasteiger partial charge < -0.3 is 24.5 Å². The van der Waals surface area contributed by atoms with E-state index in [-0.39, 0.29) is 29.1 Å². The van der Waals surface area contributed by atoms with Gasteiger partial charge in [0.2, 0.25) is 11.5 Å². The van der Waals surface area contributed by atoms with Gasteiger partial charge >= 0.3 is 6.29 Å². The molecule has 0 saturated carbocycles. The summed E-state index contributed by atoms with van der Waals surface area (Å²) < 4.78 is 41.7. The Hall–Kier alpha value is -3.09. The predicted octanol–water partition coefficient (Wildman–Crippen LogP) is 2.71. The lowest BCUT2D eigenvalue weighted by Crippen LogP contribution is -2.48. The van der Waals surface area contributed by atoms with Crippen LogP contribution in [0.2, 0.25) is 0 Å². The van der Waals surface area contributed by atoms with Gasteiger partial charge in [-0.2, -0.15) is 0 Å². The lowest BCUT2D eigenvalue weighted by molar-refractivity contribution is -0.286. The molecule has 0 bridgehead atoms. The second-order valence-corrected chi connectivity index (χ2v) is 8.49. The van der Waals surface area contributed by atoms with Gasteiger partial charge in [-0.3, -0.25) is 14.5 Å². The molecule has 2 aromatic heterocycles. The number of hydrogen-bond acceptors (Lipinski definition) is 8. The van der Waals surface area contributed by atoms with Crippen LogP contribution in [0.4, 0.5) is 13.9 Å². The minimum atomic E-state index is -3.69. The van der Waals surface area contributed by atoms with Gasteiger partial charge in [0.25, 0.3) is 0 Å². The number of ether oxygens (including phenoxy) is 3. The SMILES string of the molecule is CC(C(=O)Nc1nc2cc3c(cc2s1)OC(F)(F)O3)N1CCOC(c2ccc(=O)[nH]c2)C1. The number of amides is 1. The number of thiazole rings is 1. The van der Waals surface area contributed by atoms with Gasteiger partial charge in [-0.05, 0) is 18.6 Å². The first-order chi connectivity index (χ1) is 15.3. The molecule has 2 aliphatic heterocycles. The molecule has 0 radical (unpaired) electrons. The maximum absolute atomic E-state index is 13.2. The standard InChI is InChI=1S/C20H18F2N4O5S/c1-10(26-4-5-29-15(9-26)11-2-3-17(27)23-8-11)18(28)25-19-24-12-6-13-14(7-16(12)32-19)31-20(21,22)30-13/h2-3,6-8,10,15H,4-5,9H2,1H3,(H,23,27)(H,24,25,28). The number of benzene rings is 1. The van der Waals surface area contributed by atoms with Crippen molar-refractivity contribution in [2.75, 3.05) is 25.0 Å². The van der Waals surface area contributed by atoms with Gasteiger partial charge in [0.05, 0.1) is 29.0 Å². The summed E-state index contributed by atoms with van der Waals surface area (Å²) in [7, 11) is 0. The van der Waals surface area contributed by atoms with E-state index >= 15 is 0 Å². The highest BCUT2D eigenvalue weighted by Crippen LogP contribution is 2.44. The second-order valence-electron chi connectivity index (χ2n) is 7.46. The topological polar surface area (TPSA) is 106 Å². The summed E-state index contributed by atoms with van der Waals surface area (Å²) in [4.78, 5) is 33.0. The van der Waals surface area contributed by atoms with Gasteiger partial charge in [0.15, 0.2) is 16.6 Å². The largest absolute Gasteiger partial charge is 0.586 e. The van der Waals surface area contributed by atoms with Crippen molar-refractivity contribution in [3.8, 4) is 11.5 Å². The number of H-pyrrole nitrogens is 1. The minimum absolute atomic E-state index is 0.0704. The van der Waals surface area contributed by atoms with Crippen molar-refractivity contribution in [2.45, 2.75) is 25.4 Å². The predicted molar refractivity (Wildman–Crippen MR) is 111 cm³/mol. The number of aromatic amines is 1. The number of alkyl halides is 2. The van der Waals surface area contributed by atoms with Crippen LogP contribution in [0.1, 0.15) is 18.6 Å². The normalized spacial score (nSPS) is 20.9. The molecule has 2 unspecified atom stereocenters. The van der Waals surface area contributed by atoms with Crippen molar-refractivity contribution in [1.29, 1.82) is 0 Å². The number of nitrogens with one attached hydrogen (secondary N) is 2. The van der Waals surface area contributed by atoms with Crippen molar-refractivity contribution in [3.05, 3.63) is 46.4 Å². The Labute approximate surface area is 183 Å². The molecular weight excluding hydrogens is 446 g/mol. The number of morpholine rings is 1. The van der Waals surface area contributed by atoms with Crippen LogP contribution in [0, 0.1) is 0 Å². The molecule has 1 amide bonds. The van der Waals surface area contributed by atoms with Gasteiger partial charge in [-0.15, -0.1) is 8.78 Å². The first-order valence-corrected chi connectivity index (χ1v) is 10.6. The summed E-state index contributed by atoms with van der Waals surface area (Å²) in [6.45, 7) is 3.29. The highest BCUT2D eigenvalue weighted by molar-refractivity contribution is 7.22. The molecule has 9 nitrogen and oxygen atoms in total. The molecule has 1 fully saturated rings. The zero-order chi connectivity index (χ0) is 22.5. The van der Waals surface area contributed by atoms with Crippen molar-refractivity contribution in [1.82, 2.24) is 14.9 Å². The van der Waals surface area contributed by atoms with Gasteiger partial charge in [0.1, 0.15) is 0 Å². The fraction of sp³-hybridized carbons (Fsp3) is 0.350. The van der Waals surface area contributed by atoms with Crippen LogP contribution in [0.25, 0.3) is 10.2 Å². The number of halogens is 2. The molecule has 2 aliphatic rings. The van der Waals surface area contributed by atoms with Crippen LogP contribution in [-0.4, -0.2) is 52.8 Å². The number of fused-ring (bicyclic) bond motifs is 2. The van der Waals surface area contributed by atoms with E-state index in [2.05, 4.69) is 24.8 Å². The van der Waals surface area contributed by atoms with Gasteiger partial charge in [-0.25, -0.2) is 4.98 Å². The van der Waals surface area contributed by atoms with E-state index in [0.717, 1.165) is 16.9 Å². The minimum Gasteiger partial charge on any atom is -0.395 e. The Kier molecular flexibility index (Phi) is 5.07. The lowest BCUT2D eigenvalue weighted by atomic mass is 10.1. The molecule has 5 rings (SSSR count). The Bertz CT molecular complexity index is 1180. The third-order valence-corrected chi connectivity index (χ3v) is 6.28. The number of carbonyl (C=O) groups excluding carboxylic acids is 1. The number of rotatable bonds is 4. The van der Waals surface area contributed by atoms with Crippen LogP contribution >= 0.6 is 11.3 Å². The van der Waals surface area contributed by atoms with E-state index in [9.17, 15) is 18.4 Å². The maximum Gasteiger partial charge on any atom is 0.586 e. The molecule has 2 atom stereocenters. The smallest absolute Gasteiger partial charge is 0.395 e. The molecule has 0 aliphatic carbocycles. The molecule has 2 N–H and O–H groups in total. The Morgan fingerprint density at radius 1 is 1.34 bits per heavy atom. The van der Waals surface area contributed by atoms with E-state index in [1.54, 1.807) is 19.2 Å². The van der Waals surface area contributed by atoms with E-state index in [0.29, 0.717) is 35.0 Å². The summed E-state index contributed by atoms with van der Waals surface area (Å²) >= 11 is 1.15. The highest BCUT2D eigenvalue weighted by atomic mass is 32.1. The average molecular weight is 464 g/mol. The number of anilines is 1. The van der Waals surface area contributed by atoms with E-state index in [1.807, 2.05) is 4.90 Å².